The van der Waals surface area contributed by atoms with E-state index in [0.29, 0.717) is 19.0 Å². The van der Waals surface area contributed by atoms with Gasteiger partial charge in [-0.05, 0) is 137 Å². The van der Waals surface area contributed by atoms with Gasteiger partial charge in [0.2, 0.25) is 5.95 Å². The lowest BCUT2D eigenvalue weighted by Gasteiger charge is -2.35. The van der Waals surface area contributed by atoms with E-state index in [1.54, 1.807) is 0 Å². The third-order valence-corrected chi connectivity index (χ3v) is 9.91. The zero-order valence-corrected chi connectivity index (χ0v) is 37.4. The number of halogens is 3. The van der Waals surface area contributed by atoms with Gasteiger partial charge in [-0.15, -0.1) is 0 Å². The molecule has 2 atom stereocenters. The van der Waals surface area contributed by atoms with Gasteiger partial charge in [-0.25, -0.2) is 19.6 Å². The van der Waals surface area contributed by atoms with Gasteiger partial charge in [0.15, 0.2) is 0 Å². The number of nitrogens with one attached hydrogen (secondary N) is 3. The number of alkyl carbamates (subject to hydrolysis) is 2. The Morgan fingerprint density at radius 1 is 0.727 bits per heavy atom. The third-order valence-electron chi connectivity index (χ3n) is 8.66. The maximum Gasteiger partial charge on any atom is 0.407 e. The number of aromatic nitrogens is 2. The molecule has 4 aliphatic rings. The Hall–Kier alpha value is -2.49. The summed E-state index contributed by atoms with van der Waals surface area (Å²) in [5.74, 6) is 2.26. The van der Waals surface area contributed by atoms with Gasteiger partial charge < -0.3 is 49.6 Å². The van der Waals surface area contributed by atoms with Crippen molar-refractivity contribution >= 4 is 74.8 Å². The smallest absolute Gasteiger partial charge is 0.407 e. The van der Waals surface area contributed by atoms with Gasteiger partial charge in [-0.2, -0.15) is 4.39 Å². The summed E-state index contributed by atoms with van der Waals surface area (Å²) in [5, 5.41) is 9.09. The highest BCUT2D eigenvalue weighted by atomic mass is 127. The van der Waals surface area contributed by atoms with Crippen LogP contribution in [-0.4, -0.2) is 124 Å². The highest BCUT2D eigenvalue weighted by Gasteiger charge is 2.26. The number of hydrogen-bond donors (Lipinski definition) is 3. The first-order valence-corrected chi connectivity index (χ1v) is 21.3. The normalized spacial score (nSPS) is 20.6. The fourth-order valence-electron chi connectivity index (χ4n) is 6.22. The van der Waals surface area contributed by atoms with E-state index in [9.17, 15) is 14.0 Å². The molecule has 4 fully saturated rings. The van der Waals surface area contributed by atoms with Crippen LogP contribution in [0, 0.1) is 13.1 Å². The molecule has 4 aliphatic heterocycles. The summed E-state index contributed by atoms with van der Waals surface area (Å²) in [6.45, 7) is 21.0. The minimum absolute atomic E-state index is 0.0695. The molecule has 14 nitrogen and oxygen atoms in total. The van der Waals surface area contributed by atoms with Gasteiger partial charge in [0.1, 0.15) is 28.7 Å². The molecule has 0 unspecified atom stereocenters. The molecule has 2 amide bonds. The van der Waals surface area contributed by atoms with Crippen molar-refractivity contribution in [1.29, 1.82) is 0 Å². The first-order valence-electron chi connectivity index (χ1n) is 19.1. The number of amides is 2. The molecule has 0 bridgehead atoms. The maximum atomic E-state index is 13.0. The van der Waals surface area contributed by atoms with Gasteiger partial charge in [0, 0.05) is 71.1 Å². The molecule has 17 heteroatoms. The first-order chi connectivity index (χ1) is 26.0. The minimum atomic E-state index is -0.484. The number of carbonyl (C=O) groups is 2. The highest BCUT2D eigenvalue weighted by Crippen LogP contribution is 2.25. The monoisotopic (exact) mass is 996 g/mol. The van der Waals surface area contributed by atoms with Crippen LogP contribution in [0.1, 0.15) is 67.2 Å². The quantitative estimate of drug-likeness (QED) is 0.241. The Balaban J connectivity index is 0.000000202. The summed E-state index contributed by atoms with van der Waals surface area (Å²) in [6, 6.07) is 7.83. The van der Waals surface area contributed by atoms with Crippen molar-refractivity contribution < 1.29 is 32.9 Å². The standard InChI is InChI=1S/C19H29IN4O3.C10H20N2O2.C9H10FIN2O/c1-19(2,3)27-18(25)21-15-5-4-6-24(13-15)17-12-14(20)11-16(22-17)23-7-9-26-10-8-23;1-10(2,3)14-9(13)12-8-5-4-6-11-7-8;10-8-5-7(11)6-9(12-8)13-1-3-14-4-2-13/h11-12,15H,4-10,13H2,1-3H3,(H,21,25);8,11H,4-7H2,1-3H3,(H,12,13);5-6H,1-4H2/t15-;8-;/m11./s1. The predicted octanol–water partition coefficient (Wildman–Crippen LogP) is 5.94. The number of piperidine rings is 2. The van der Waals surface area contributed by atoms with Crippen LogP contribution in [0.25, 0.3) is 0 Å². The van der Waals surface area contributed by atoms with Crippen LogP contribution in [-0.2, 0) is 18.9 Å². The van der Waals surface area contributed by atoms with E-state index in [2.05, 4.69) is 88.0 Å². The molecule has 6 rings (SSSR count). The molecule has 3 N–H and O–H groups in total. The number of rotatable bonds is 5. The van der Waals surface area contributed by atoms with E-state index in [1.807, 2.05) is 52.5 Å². The number of ether oxygens (including phenoxy) is 4. The Morgan fingerprint density at radius 2 is 1.20 bits per heavy atom. The van der Waals surface area contributed by atoms with Crippen molar-refractivity contribution in [2.45, 2.75) is 90.5 Å². The van der Waals surface area contributed by atoms with Gasteiger partial charge in [-0.3, -0.25) is 0 Å². The van der Waals surface area contributed by atoms with Crippen LogP contribution in [0.15, 0.2) is 24.3 Å². The van der Waals surface area contributed by atoms with Crippen molar-refractivity contribution in [2.75, 3.05) is 93.5 Å². The summed E-state index contributed by atoms with van der Waals surface area (Å²) in [7, 11) is 0. The van der Waals surface area contributed by atoms with Crippen molar-refractivity contribution in [3.05, 3.63) is 37.4 Å². The Kier molecular flexibility index (Phi) is 18.0. The largest absolute Gasteiger partial charge is 0.444 e. The molecule has 4 saturated heterocycles. The molecule has 0 aliphatic carbocycles. The SMILES string of the molecule is CC(C)(C)OC(=O)N[C@@H]1CCCN(c2cc(I)cc(N3CCOCC3)n2)C1.CC(C)(C)OC(=O)N[C@@H]1CCCNC1.Fc1cc(I)cc(N2CCOCC2)n1. The van der Waals surface area contributed by atoms with Crippen LogP contribution >= 0.6 is 45.2 Å². The summed E-state index contributed by atoms with van der Waals surface area (Å²) in [4.78, 5) is 38.8. The molecule has 55 heavy (non-hydrogen) atoms. The second kappa shape index (κ2) is 21.9. The van der Waals surface area contributed by atoms with Crippen molar-refractivity contribution in [2.24, 2.45) is 0 Å². The Bertz CT molecular complexity index is 1490. The summed E-state index contributed by atoms with van der Waals surface area (Å²) >= 11 is 4.44. The van der Waals surface area contributed by atoms with Crippen LogP contribution in [0.3, 0.4) is 0 Å². The van der Waals surface area contributed by atoms with Crippen LogP contribution in [0.4, 0.5) is 31.4 Å². The summed E-state index contributed by atoms with van der Waals surface area (Å²) in [6.07, 6.45) is 3.45. The van der Waals surface area contributed by atoms with E-state index in [1.165, 1.54) is 9.64 Å². The van der Waals surface area contributed by atoms with Crippen molar-refractivity contribution in [1.82, 2.24) is 25.9 Å². The average molecular weight is 997 g/mol. The molecule has 308 valence electrons. The fourth-order valence-corrected chi connectivity index (χ4v) is 7.31. The maximum absolute atomic E-state index is 13.0. The molecule has 6 heterocycles. The van der Waals surface area contributed by atoms with Gasteiger partial charge >= 0.3 is 12.2 Å². The lowest BCUT2D eigenvalue weighted by Crippen LogP contribution is -2.49. The number of morpholine rings is 2. The minimum Gasteiger partial charge on any atom is -0.444 e. The first kappa shape index (κ1) is 45.2. The number of carbonyl (C=O) groups excluding carboxylic acids is 2. The third kappa shape index (κ3) is 17.3. The highest BCUT2D eigenvalue weighted by molar-refractivity contribution is 14.1. The van der Waals surface area contributed by atoms with E-state index in [0.717, 1.165) is 106 Å². The summed E-state index contributed by atoms with van der Waals surface area (Å²) in [5.41, 5.74) is -0.894. The molecular formula is C38H59FI2N8O6. The Labute approximate surface area is 353 Å². The molecule has 0 spiro atoms. The van der Waals surface area contributed by atoms with E-state index >= 15 is 0 Å². The zero-order chi connectivity index (χ0) is 40.0. The van der Waals surface area contributed by atoms with Crippen LogP contribution < -0.4 is 30.7 Å². The lowest BCUT2D eigenvalue weighted by atomic mass is 10.1. The van der Waals surface area contributed by atoms with E-state index < -0.39 is 17.1 Å². The molecule has 0 saturated carbocycles. The molecule has 2 aromatic heterocycles. The van der Waals surface area contributed by atoms with Gasteiger partial charge in [-0.1, -0.05) is 0 Å². The molecular weight excluding hydrogens is 937 g/mol. The second-order valence-corrected chi connectivity index (χ2v) is 18.3. The number of anilines is 3. The second-order valence-electron chi connectivity index (χ2n) is 15.8. The van der Waals surface area contributed by atoms with Crippen LogP contribution in [0.2, 0.25) is 0 Å². The van der Waals surface area contributed by atoms with Gasteiger partial charge in [0.05, 0.1) is 26.4 Å². The fraction of sp³-hybridized carbons (Fsp3) is 0.684. The average Bonchev–Trinajstić information content (AvgIpc) is 3.11. The lowest BCUT2D eigenvalue weighted by molar-refractivity contribution is 0.0486. The van der Waals surface area contributed by atoms with Gasteiger partial charge in [0.25, 0.3) is 0 Å². The number of hydrogen-bond acceptors (Lipinski definition) is 12. The van der Waals surface area contributed by atoms with Crippen LogP contribution in [0.5, 0.6) is 0 Å². The van der Waals surface area contributed by atoms with Crippen molar-refractivity contribution in [3.63, 3.8) is 0 Å². The molecule has 2 aromatic rings. The predicted molar refractivity (Wildman–Crippen MR) is 230 cm³/mol. The number of pyridine rings is 2. The molecule has 0 radical (unpaired) electrons. The number of nitrogens with zero attached hydrogens (tertiary/aromatic N) is 5. The zero-order valence-electron chi connectivity index (χ0n) is 33.1. The van der Waals surface area contributed by atoms with E-state index in [-0.39, 0.29) is 24.3 Å². The van der Waals surface area contributed by atoms with E-state index in [4.69, 9.17) is 23.9 Å². The topological polar surface area (TPSA) is 143 Å². The van der Waals surface area contributed by atoms with Crippen molar-refractivity contribution in [3.8, 4) is 0 Å². The Morgan fingerprint density at radius 3 is 1.69 bits per heavy atom. The molecule has 0 aromatic carbocycles. The summed E-state index contributed by atoms with van der Waals surface area (Å²) < 4.78 is 36.3.